The van der Waals surface area contributed by atoms with Crippen LogP contribution in [0, 0.1) is 5.92 Å². The van der Waals surface area contributed by atoms with Crippen LogP contribution in [0.1, 0.15) is 53.4 Å². The first-order chi connectivity index (χ1) is 11.4. The van der Waals surface area contributed by atoms with Crippen LogP contribution in [-0.4, -0.2) is 56.2 Å². The maximum atomic E-state index is 12.0. The van der Waals surface area contributed by atoms with E-state index in [4.69, 9.17) is 9.47 Å². The molecule has 1 heterocycles. The molecule has 0 saturated carbocycles. The summed E-state index contributed by atoms with van der Waals surface area (Å²) in [5, 5.41) is 0. The molecule has 0 bridgehead atoms. The molecule has 0 radical (unpaired) electrons. The zero-order chi connectivity index (χ0) is 18.0. The molecule has 5 nitrogen and oxygen atoms in total. The lowest BCUT2D eigenvalue weighted by atomic mass is 9.94. The van der Waals surface area contributed by atoms with E-state index in [9.17, 15) is 4.79 Å². The van der Waals surface area contributed by atoms with E-state index in [1.165, 1.54) is 0 Å². The molecule has 24 heavy (non-hydrogen) atoms. The van der Waals surface area contributed by atoms with Crippen molar-refractivity contribution in [2.45, 2.75) is 59.0 Å². The summed E-state index contributed by atoms with van der Waals surface area (Å²) < 4.78 is 11.2. The summed E-state index contributed by atoms with van der Waals surface area (Å²) in [6.07, 6.45) is 7.91. The molecule has 0 unspecified atom stereocenters. The molecular formula is C19H34N2O3. The number of aliphatic imine (C=N–C) groups is 1. The number of carbonyl (C=O) groups is 1. The van der Waals surface area contributed by atoms with Crippen molar-refractivity contribution in [1.29, 1.82) is 0 Å². The van der Waals surface area contributed by atoms with Crippen molar-refractivity contribution in [2.75, 3.05) is 33.4 Å². The van der Waals surface area contributed by atoms with Gasteiger partial charge in [0.2, 0.25) is 0 Å². The molecule has 5 heteroatoms. The fraction of sp³-hybridized carbons (Fsp3) is 0.789. The Bertz CT molecular complexity index is 430. The third kappa shape index (κ3) is 8.48. The lowest BCUT2D eigenvalue weighted by Gasteiger charge is -2.33. The molecule has 1 aliphatic rings. The first-order valence-electron chi connectivity index (χ1n) is 9.02. The van der Waals surface area contributed by atoms with E-state index in [1.54, 1.807) is 7.05 Å². The minimum atomic E-state index is -0.423. The second-order valence-corrected chi connectivity index (χ2v) is 7.33. The predicted molar refractivity (Wildman–Crippen MR) is 98.8 cm³/mol. The Morgan fingerprint density at radius 2 is 1.96 bits per heavy atom. The molecule has 0 aromatic carbocycles. The Morgan fingerprint density at radius 1 is 1.29 bits per heavy atom. The van der Waals surface area contributed by atoms with Crippen molar-refractivity contribution in [2.24, 2.45) is 10.9 Å². The summed E-state index contributed by atoms with van der Waals surface area (Å²) in [7, 11) is 1.78. The maximum Gasteiger partial charge on any atom is 0.410 e. The molecule has 0 atom stereocenters. The first kappa shape index (κ1) is 20.7. The average Bonchev–Trinajstić information content (AvgIpc) is 2.51. The molecule has 0 aromatic rings. The number of nitrogens with zero attached hydrogens (tertiary/aromatic N) is 2. The van der Waals surface area contributed by atoms with Gasteiger partial charge in [0.25, 0.3) is 0 Å². The van der Waals surface area contributed by atoms with E-state index < -0.39 is 5.60 Å². The van der Waals surface area contributed by atoms with E-state index in [0.29, 0.717) is 12.5 Å². The molecule has 1 fully saturated rings. The minimum absolute atomic E-state index is 0.189. The smallest absolute Gasteiger partial charge is 0.410 e. The van der Waals surface area contributed by atoms with Crippen LogP contribution in [0.25, 0.3) is 0 Å². The van der Waals surface area contributed by atoms with Crippen molar-refractivity contribution in [3.63, 3.8) is 0 Å². The molecule has 1 aliphatic heterocycles. The van der Waals surface area contributed by atoms with Gasteiger partial charge in [0.15, 0.2) is 0 Å². The van der Waals surface area contributed by atoms with Crippen LogP contribution < -0.4 is 0 Å². The SMILES string of the molecule is CC/C=C(\C=NC)COCCC1CCN(C(=O)OC(C)(C)C)CC1. The lowest BCUT2D eigenvalue weighted by molar-refractivity contribution is 0.0170. The number of piperidine rings is 1. The molecule has 0 aliphatic carbocycles. The Labute approximate surface area is 147 Å². The van der Waals surface area contributed by atoms with Crippen LogP contribution in [0.3, 0.4) is 0 Å². The first-order valence-corrected chi connectivity index (χ1v) is 9.02. The van der Waals surface area contributed by atoms with Gasteiger partial charge in [-0.2, -0.15) is 0 Å². The van der Waals surface area contributed by atoms with E-state index >= 15 is 0 Å². The van der Waals surface area contributed by atoms with Gasteiger partial charge in [-0.05, 0) is 57.9 Å². The normalized spacial score (nSPS) is 17.5. The topological polar surface area (TPSA) is 51.1 Å². The average molecular weight is 338 g/mol. The summed E-state index contributed by atoms with van der Waals surface area (Å²) >= 11 is 0. The molecule has 138 valence electrons. The zero-order valence-electron chi connectivity index (χ0n) is 16.0. The molecule has 0 N–H and O–H groups in total. The van der Waals surface area contributed by atoms with Crippen molar-refractivity contribution < 1.29 is 14.3 Å². The van der Waals surface area contributed by atoms with Gasteiger partial charge in [0.05, 0.1) is 6.61 Å². The van der Waals surface area contributed by atoms with Crippen LogP contribution in [0.4, 0.5) is 4.79 Å². The van der Waals surface area contributed by atoms with Gasteiger partial charge in [-0.3, -0.25) is 4.99 Å². The van der Waals surface area contributed by atoms with Gasteiger partial charge in [-0.25, -0.2) is 4.79 Å². The molecule has 1 saturated heterocycles. The fourth-order valence-electron chi connectivity index (χ4n) is 2.75. The third-order valence-electron chi connectivity index (χ3n) is 3.97. The highest BCUT2D eigenvalue weighted by molar-refractivity contribution is 5.78. The van der Waals surface area contributed by atoms with Crippen molar-refractivity contribution in [1.82, 2.24) is 4.90 Å². The van der Waals surface area contributed by atoms with E-state index in [0.717, 1.165) is 51.0 Å². The van der Waals surface area contributed by atoms with Crippen LogP contribution in [0.15, 0.2) is 16.6 Å². The fourth-order valence-corrected chi connectivity index (χ4v) is 2.75. The molecule has 0 aromatic heterocycles. The number of hydrogen-bond acceptors (Lipinski definition) is 4. The summed E-state index contributed by atoms with van der Waals surface area (Å²) in [4.78, 5) is 17.9. The van der Waals surface area contributed by atoms with Gasteiger partial charge in [-0.15, -0.1) is 0 Å². The van der Waals surface area contributed by atoms with Crippen LogP contribution in [-0.2, 0) is 9.47 Å². The number of allylic oxidation sites excluding steroid dienone is 1. The molecule has 1 amide bonds. The summed E-state index contributed by atoms with van der Waals surface area (Å²) in [5.74, 6) is 0.627. The zero-order valence-corrected chi connectivity index (χ0v) is 16.0. The van der Waals surface area contributed by atoms with Gasteiger partial charge in [-0.1, -0.05) is 13.0 Å². The van der Waals surface area contributed by atoms with Crippen LogP contribution in [0.2, 0.25) is 0 Å². The lowest BCUT2D eigenvalue weighted by Crippen LogP contribution is -2.41. The number of hydrogen-bond donors (Lipinski definition) is 0. The standard InChI is InChI=1S/C19H34N2O3/c1-6-7-17(14-20-5)15-23-13-10-16-8-11-21(12-9-16)18(22)24-19(2,3)4/h7,14,16H,6,8-13,15H2,1-5H3/b17-7+,20-14?. The van der Waals surface area contributed by atoms with Crippen molar-refractivity contribution >= 4 is 12.3 Å². The highest BCUT2D eigenvalue weighted by Crippen LogP contribution is 2.22. The van der Waals surface area contributed by atoms with Crippen molar-refractivity contribution in [3.05, 3.63) is 11.6 Å². The second-order valence-electron chi connectivity index (χ2n) is 7.33. The van der Waals surface area contributed by atoms with Gasteiger partial charge < -0.3 is 14.4 Å². The van der Waals surface area contributed by atoms with Crippen LogP contribution in [0.5, 0.6) is 0 Å². The second kappa shape index (κ2) is 10.5. The number of ether oxygens (including phenoxy) is 2. The van der Waals surface area contributed by atoms with Gasteiger partial charge in [0, 0.05) is 33.0 Å². The third-order valence-corrected chi connectivity index (χ3v) is 3.97. The summed E-state index contributed by atoms with van der Waals surface area (Å²) in [6.45, 7) is 10.8. The monoisotopic (exact) mass is 338 g/mol. The number of rotatable bonds is 7. The molecule has 0 spiro atoms. The number of carbonyl (C=O) groups excluding carboxylic acids is 1. The van der Waals surface area contributed by atoms with Gasteiger partial charge >= 0.3 is 6.09 Å². The number of likely N-dealkylation sites (tertiary alicyclic amines) is 1. The van der Waals surface area contributed by atoms with Crippen molar-refractivity contribution in [3.8, 4) is 0 Å². The van der Waals surface area contributed by atoms with Crippen LogP contribution >= 0.6 is 0 Å². The Kier molecular flexibility index (Phi) is 9.04. The van der Waals surface area contributed by atoms with Gasteiger partial charge in [0.1, 0.15) is 5.60 Å². The highest BCUT2D eigenvalue weighted by Gasteiger charge is 2.26. The Hall–Kier alpha value is -1.36. The predicted octanol–water partition coefficient (Wildman–Crippen LogP) is 4.08. The Balaban J connectivity index is 2.22. The highest BCUT2D eigenvalue weighted by atomic mass is 16.6. The Morgan fingerprint density at radius 3 is 2.50 bits per heavy atom. The van der Waals surface area contributed by atoms with E-state index in [1.807, 2.05) is 31.9 Å². The maximum absolute atomic E-state index is 12.0. The summed E-state index contributed by atoms with van der Waals surface area (Å²) in [5.41, 5.74) is 0.715. The quantitative estimate of drug-likeness (QED) is 0.519. The number of amides is 1. The van der Waals surface area contributed by atoms with E-state index in [2.05, 4.69) is 18.0 Å². The minimum Gasteiger partial charge on any atom is -0.444 e. The van der Waals surface area contributed by atoms with E-state index in [-0.39, 0.29) is 6.09 Å². The summed E-state index contributed by atoms with van der Waals surface area (Å²) in [6, 6.07) is 0. The largest absolute Gasteiger partial charge is 0.444 e. The molecule has 1 rings (SSSR count). The molecular weight excluding hydrogens is 304 g/mol.